The second-order valence-electron chi connectivity index (χ2n) is 6.41. The normalized spacial score (nSPS) is 10.7. The maximum Gasteiger partial charge on any atom is 0.124 e. The van der Waals surface area contributed by atoms with Crippen LogP contribution in [0.25, 0.3) is 43.4 Å². The van der Waals surface area contributed by atoms with E-state index in [2.05, 4.69) is 66.7 Å². The van der Waals surface area contributed by atoms with Gasteiger partial charge in [-0.3, -0.25) is 0 Å². The van der Waals surface area contributed by atoms with Crippen LogP contribution in [-0.2, 0) is 0 Å². The highest BCUT2D eigenvalue weighted by Crippen LogP contribution is 2.38. The van der Waals surface area contributed by atoms with Crippen LogP contribution in [0.15, 0.2) is 91.0 Å². The van der Waals surface area contributed by atoms with E-state index in [-0.39, 0.29) is 0 Å². The summed E-state index contributed by atoms with van der Waals surface area (Å²) in [6.45, 7) is 4.00. The molecule has 0 unspecified atom stereocenters. The molecule has 0 aliphatic rings. The number of phenols is 1. The number of hydrogen-bond acceptors (Lipinski definition) is 1. The monoisotopic (exact) mass is 350 g/mol. The highest BCUT2D eigenvalue weighted by Gasteiger charge is 2.10. The van der Waals surface area contributed by atoms with E-state index in [0.29, 0.717) is 5.75 Å². The van der Waals surface area contributed by atoms with Crippen molar-refractivity contribution >= 4 is 32.3 Å². The lowest BCUT2D eigenvalue weighted by Crippen LogP contribution is -1.84. The molecule has 5 aromatic carbocycles. The van der Waals surface area contributed by atoms with Gasteiger partial charge in [-0.1, -0.05) is 92.7 Å². The molecule has 5 rings (SSSR count). The average molecular weight is 350 g/mol. The summed E-state index contributed by atoms with van der Waals surface area (Å²) in [5.74, 6) is 0.331. The van der Waals surface area contributed by atoms with E-state index in [0.717, 1.165) is 27.3 Å². The van der Waals surface area contributed by atoms with E-state index in [1.54, 1.807) is 0 Å². The minimum atomic E-state index is 0.331. The van der Waals surface area contributed by atoms with Crippen LogP contribution >= 0.6 is 0 Å². The standard InChI is InChI=1S/C24H16O.C2H6/c25-23-15-19(16-6-2-1-3-7-16)14-18-11-12-21-20-9-5-4-8-17(20)10-13-22(21)24(18)23;1-2/h1-15,25H;1-2H3. The van der Waals surface area contributed by atoms with E-state index < -0.39 is 0 Å². The SMILES string of the molecule is CC.Oc1cc(-c2ccccc2)cc2ccc3c4ccccc4ccc3c12. The zero-order valence-electron chi connectivity index (χ0n) is 15.6. The number of hydrogen-bond donors (Lipinski definition) is 1. The third kappa shape index (κ3) is 2.92. The summed E-state index contributed by atoms with van der Waals surface area (Å²) in [7, 11) is 0. The highest BCUT2D eigenvalue weighted by atomic mass is 16.3. The van der Waals surface area contributed by atoms with Gasteiger partial charge in [0.15, 0.2) is 0 Å². The Bertz CT molecular complexity index is 1240. The molecular weight excluding hydrogens is 328 g/mol. The first-order valence-electron chi connectivity index (χ1n) is 9.44. The van der Waals surface area contributed by atoms with Crippen LogP contribution in [0, 0.1) is 0 Å². The van der Waals surface area contributed by atoms with Crippen LogP contribution in [0.2, 0.25) is 0 Å². The Morgan fingerprint density at radius 1 is 0.519 bits per heavy atom. The van der Waals surface area contributed by atoms with Crippen molar-refractivity contribution in [1.82, 2.24) is 0 Å². The van der Waals surface area contributed by atoms with Gasteiger partial charge in [0.05, 0.1) is 0 Å². The predicted molar refractivity (Wildman–Crippen MR) is 117 cm³/mol. The van der Waals surface area contributed by atoms with Crippen molar-refractivity contribution in [3.63, 3.8) is 0 Å². The number of aromatic hydroxyl groups is 1. The van der Waals surface area contributed by atoms with Crippen LogP contribution in [0.4, 0.5) is 0 Å². The molecular formula is C26H22O. The van der Waals surface area contributed by atoms with Gasteiger partial charge in [0.2, 0.25) is 0 Å². The summed E-state index contributed by atoms with van der Waals surface area (Å²) < 4.78 is 0. The van der Waals surface area contributed by atoms with Gasteiger partial charge in [-0.05, 0) is 50.2 Å². The molecule has 5 aromatic rings. The van der Waals surface area contributed by atoms with Crippen LogP contribution in [0.5, 0.6) is 5.75 Å². The average Bonchev–Trinajstić information content (AvgIpc) is 2.75. The fourth-order valence-corrected chi connectivity index (χ4v) is 3.74. The van der Waals surface area contributed by atoms with E-state index >= 15 is 0 Å². The lowest BCUT2D eigenvalue weighted by Gasteiger charge is -2.11. The van der Waals surface area contributed by atoms with Gasteiger partial charge in [0.25, 0.3) is 0 Å². The molecule has 0 aliphatic heterocycles. The molecule has 0 fully saturated rings. The Hall–Kier alpha value is -3.32. The second kappa shape index (κ2) is 7.13. The lowest BCUT2D eigenvalue weighted by atomic mass is 9.94. The van der Waals surface area contributed by atoms with Crippen molar-refractivity contribution in [3.8, 4) is 16.9 Å². The summed E-state index contributed by atoms with van der Waals surface area (Å²) >= 11 is 0. The highest BCUT2D eigenvalue weighted by molar-refractivity contribution is 6.19. The van der Waals surface area contributed by atoms with E-state index in [4.69, 9.17) is 0 Å². The maximum absolute atomic E-state index is 10.8. The molecule has 0 saturated heterocycles. The predicted octanol–water partition coefficient (Wildman–Crippen LogP) is 7.55. The van der Waals surface area contributed by atoms with Gasteiger partial charge in [-0.25, -0.2) is 0 Å². The van der Waals surface area contributed by atoms with Crippen LogP contribution in [0.3, 0.4) is 0 Å². The van der Waals surface area contributed by atoms with Gasteiger partial charge >= 0.3 is 0 Å². The van der Waals surface area contributed by atoms with Crippen molar-refractivity contribution < 1.29 is 5.11 Å². The molecule has 0 heterocycles. The molecule has 0 aliphatic carbocycles. The molecule has 0 atom stereocenters. The molecule has 27 heavy (non-hydrogen) atoms. The second-order valence-corrected chi connectivity index (χ2v) is 6.41. The van der Waals surface area contributed by atoms with E-state index in [1.807, 2.05) is 38.1 Å². The van der Waals surface area contributed by atoms with E-state index in [1.165, 1.54) is 16.2 Å². The number of rotatable bonds is 1. The first-order valence-corrected chi connectivity index (χ1v) is 9.44. The molecule has 1 heteroatoms. The van der Waals surface area contributed by atoms with Crippen molar-refractivity contribution in [2.75, 3.05) is 0 Å². The fourth-order valence-electron chi connectivity index (χ4n) is 3.74. The third-order valence-corrected chi connectivity index (χ3v) is 4.92. The molecule has 0 saturated carbocycles. The van der Waals surface area contributed by atoms with Crippen molar-refractivity contribution in [2.45, 2.75) is 13.8 Å². The maximum atomic E-state index is 10.8. The molecule has 132 valence electrons. The molecule has 0 amide bonds. The Morgan fingerprint density at radius 3 is 2.00 bits per heavy atom. The van der Waals surface area contributed by atoms with Gasteiger partial charge in [0.1, 0.15) is 5.75 Å². The fraction of sp³-hybridized carbons (Fsp3) is 0.0769. The molecule has 0 bridgehead atoms. The summed E-state index contributed by atoms with van der Waals surface area (Å²) in [4.78, 5) is 0. The first-order chi connectivity index (χ1) is 13.3. The smallest absolute Gasteiger partial charge is 0.124 e. The Labute approximate surface area is 159 Å². The minimum Gasteiger partial charge on any atom is -0.507 e. The quantitative estimate of drug-likeness (QED) is 0.309. The topological polar surface area (TPSA) is 20.2 Å². The van der Waals surface area contributed by atoms with Gasteiger partial charge in [0, 0.05) is 5.39 Å². The Kier molecular flexibility index (Phi) is 4.52. The molecule has 0 aromatic heterocycles. The number of fused-ring (bicyclic) bond motifs is 5. The number of benzene rings is 5. The van der Waals surface area contributed by atoms with Crippen molar-refractivity contribution in [2.24, 2.45) is 0 Å². The molecule has 1 nitrogen and oxygen atoms in total. The zero-order chi connectivity index (χ0) is 18.8. The van der Waals surface area contributed by atoms with Crippen molar-refractivity contribution in [3.05, 3.63) is 91.0 Å². The Morgan fingerprint density at radius 2 is 1.19 bits per heavy atom. The van der Waals surface area contributed by atoms with E-state index in [9.17, 15) is 5.11 Å². The van der Waals surface area contributed by atoms with Crippen LogP contribution in [0.1, 0.15) is 13.8 Å². The summed E-state index contributed by atoms with van der Waals surface area (Å²) in [6, 6.07) is 31.1. The molecule has 0 spiro atoms. The zero-order valence-corrected chi connectivity index (χ0v) is 15.6. The third-order valence-electron chi connectivity index (χ3n) is 4.92. The first kappa shape index (κ1) is 17.1. The number of phenolic OH excluding ortho intramolecular Hbond substituents is 1. The van der Waals surface area contributed by atoms with Gasteiger partial charge in [-0.2, -0.15) is 0 Å². The van der Waals surface area contributed by atoms with Crippen LogP contribution in [-0.4, -0.2) is 5.11 Å². The minimum absolute atomic E-state index is 0.331. The lowest BCUT2D eigenvalue weighted by molar-refractivity contribution is 0.482. The molecule has 1 N–H and O–H groups in total. The largest absolute Gasteiger partial charge is 0.507 e. The summed E-state index contributed by atoms with van der Waals surface area (Å²) in [5.41, 5.74) is 2.14. The van der Waals surface area contributed by atoms with Gasteiger partial charge in [-0.15, -0.1) is 0 Å². The van der Waals surface area contributed by atoms with Crippen molar-refractivity contribution in [1.29, 1.82) is 0 Å². The van der Waals surface area contributed by atoms with Crippen LogP contribution < -0.4 is 0 Å². The summed E-state index contributed by atoms with van der Waals surface area (Å²) in [5, 5.41) is 17.5. The summed E-state index contributed by atoms with van der Waals surface area (Å²) in [6.07, 6.45) is 0. The van der Waals surface area contributed by atoms with Gasteiger partial charge < -0.3 is 5.11 Å². The molecule has 0 radical (unpaired) electrons. The Balaban J connectivity index is 0.000000872.